The van der Waals surface area contributed by atoms with Gasteiger partial charge in [-0.05, 0) is 49.4 Å². The van der Waals surface area contributed by atoms with Gasteiger partial charge >= 0.3 is 6.18 Å². The predicted octanol–water partition coefficient (Wildman–Crippen LogP) is 3.68. The van der Waals surface area contributed by atoms with Crippen LogP contribution in [0.3, 0.4) is 0 Å². The van der Waals surface area contributed by atoms with Gasteiger partial charge in [-0.2, -0.15) is 18.4 Å². The second kappa shape index (κ2) is 7.59. The van der Waals surface area contributed by atoms with Crippen LogP contribution < -0.4 is 5.32 Å². The number of amides is 1. The highest BCUT2D eigenvalue weighted by atomic mass is 19.4. The molecule has 1 aliphatic rings. The molecule has 0 unspecified atom stereocenters. The smallest absolute Gasteiger partial charge is 0.304 e. The summed E-state index contributed by atoms with van der Waals surface area (Å²) in [4.78, 5) is 17.0. The molecule has 1 N–H and O–H groups in total. The first-order chi connectivity index (χ1) is 14.4. The highest BCUT2D eigenvalue weighted by Gasteiger charge is 2.34. The number of carbonyl (C=O) groups excluding carboxylic acids is 1. The first kappa shape index (κ1) is 19.6. The van der Waals surface area contributed by atoms with Crippen LogP contribution in [0, 0.1) is 11.3 Å². The summed E-state index contributed by atoms with van der Waals surface area (Å²) in [7, 11) is 0. The molecule has 0 spiro atoms. The zero-order valence-corrected chi connectivity index (χ0v) is 15.6. The third-order valence-electron chi connectivity index (χ3n) is 4.84. The number of fused-ring (bicyclic) bond motifs is 1. The predicted molar refractivity (Wildman–Crippen MR) is 99.9 cm³/mol. The molecule has 152 valence electrons. The van der Waals surface area contributed by atoms with Gasteiger partial charge in [0.1, 0.15) is 6.07 Å². The number of nitriles is 1. The summed E-state index contributed by atoms with van der Waals surface area (Å²) in [5.41, 5.74) is 0.698. The number of nitrogens with one attached hydrogen (secondary N) is 1. The number of aryl methyl sites for hydroxylation is 2. The number of nitrogens with zero attached hydrogens (tertiary/aromatic N) is 5. The van der Waals surface area contributed by atoms with Gasteiger partial charge in [0.05, 0.1) is 23.0 Å². The molecule has 1 aromatic carbocycles. The van der Waals surface area contributed by atoms with E-state index >= 15 is 0 Å². The number of hydrogen-bond acceptors (Lipinski definition) is 5. The van der Waals surface area contributed by atoms with Crippen molar-refractivity contribution in [3.63, 3.8) is 0 Å². The van der Waals surface area contributed by atoms with Gasteiger partial charge in [0, 0.05) is 5.69 Å². The van der Waals surface area contributed by atoms with Crippen LogP contribution in [-0.2, 0) is 19.0 Å². The Morgan fingerprint density at radius 3 is 2.73 bits per heavy atom. The van der Waals surface area contributed by atoms with Crippen LogP contribution >= 0.6 is 0 Å². The van der Waals surface area contributed by atoms with E-state index in [0.717, 1.165) is 53.9 Å². The lowest BCUT2D eigenvalue weighted by molar-refractivity contribution is -0.137. The molecule has 4 rings (SSSR count). The molecule has 10 heteroatoms. The molecule has 1 aliphatic carbocycles. The number of pyridine rings is 1. The van der Waals surface area contributed by atoms with Gasteiger partial charge in [-0.25, -0.2) is 9.67 Å². The first-order valence-corrected chi connectivity index (χ1v) is 9.20. The van der Waals surface area contributed by atoms with E-state index in [1.165, 1.54) is 18.2 Å². The second-order valence-corrected chi connectivity index (χ2v) is 6.83. The molecule has 3 aromatic rings. The van der Waals surface area contributed by atoms with Crippen molar-refractivity contribution in [1.29, 1.82) is 5.26 Å². The third-order valence-corrected chi connectivity index (χ3v) is 4.84. The molecule has 0 aliphatic heterocycles. The lowest BCUT2D eigenvalue weighted by Gasteiger charge is -2.16. The number of para-hydroxylation sites is 1. The summed E-state index contributed by atoms with van der Waals surface area (Å²) in [6, 6.07) is 8.59. The van der Waals surface area contributed by atoms with Gasteiger partial charge in [-0.15, -0.1) is 5.10 Å². The summed E-state index contributed by atoms with van der Waals surface area (Å²) >= 11 is 0. The van der Waals surface area contributed by atoms with Crippen molar-refractivity contribution in [2.75, 3.05) is 5.32 Å². The Morgan fingerprint density at radius 1 is 1.20 bits per heavy atom. The Kier molecular flexibility index (Phi) is 4.95. The van der Waals surface area contributed by atoms with Gasteiger partial charge in [0.25, 0.3) is 5.91 Å². The highest BCUT2D eigenvalue weighted by Crippen LogP contribution is 2.33. The molecule has 2 heterocycles. The number of benzene rings is 1. The van der Waals surface area contributed by atoms with Gasteiger partial charge in [0.15, 0.2) is 11.5 Å². The van der Waals surface area contributed by atoms with E-state index in [4.69, 9.17) is 0 Å². The van der Waals surface area contributed by atoms with Crippen LogP contribution in [0.2, 0.25) is 0 Å². The number of hydrogen-bond donors (Lipinski definition) is 1. The summed E-state index contributed by atoms with van der Waals surface area (Å²) in [6.07, 6.45) is 0.108. The average molecular weight is 412 g/mol. The lowest BCUT2D eigenvalue weighted by atomic mass is 9.95. The van der Waals surface area contributed by atoms with Crippen LogP contribution in [0.25, 0.3) is 5.69 Å². The standard InChI is InChI=1S/C20H15F3N6O/c21-20(22,23)14-6-2-4-8-17(14)29-11-16(27-28-29)19(30)26-18-13(10-24)9-12-5-1-3-7-15(12)25-18/h2,4,6,8-9,11H,1,3,5,7H2,(H,25,26,30). The van der Waals surface area contributed by atoms with Crippen LogP contribution in [0.5, 0.6) is 0 Å². The lowest BCUT2D eigenvalue weighted by Crippen LogP contribution is -2.17. The Labute approximate surface area is 169 Å². The maximum absolute atomic E-state index is 13.2. The van der Waals surface area contributed by atoms with Gasteiger partial charge in [-0.1, -0.05) is 17.3 Å². The van der Waals surface area contributed by atoms with Crippen LogP contribution in [0.1, 0.15) is 45.7 Å². The molecule has 0 saturated heterocycles. The molecule has 2 aromatic heterocycles. The van der Waals surface area contributed by atoms with E-state index in [1.807, 2.05) is 6.07 Å². The molecule has 7 nitrogen and oxygen atoms in total. The molecule has 0 fully saturated rings. The average Bonchev–Trinajstić information content (AvgIpc) is 3.23. The molecule has 0 saturated carbocycles. The number of rotatable bonds is 3. The Bertz CT molecular complexity index is 1160. The number of halogens is 3. The Hall–Kier alpha value is -3.74. The first-order valence-electron chi connectivity index (χ1n) is 9.20. The summed E-state index contributed by atoms with van der Waals surface area (Å²) < 4.78 is 40.6. The monoisotopic (exact) mass is 412 g/mol. The molecule has 0 bridgehead atoms. The third kappa shape index (κ3) is 3.74. The van der Waals surface area contributed by atoms with Crippen molar-refractivity contribution in [3.8, 4) is 11.8 Å². The summed E-state index contributed by atoms with van der Waals surface area (Å²) in [5, 5.41) is 19.2. The van der Waals surface area contributed by atoms with Crippen molar-refractivity contribution in [1.82, 2.24) is 20.0 Å². The fourth-order valence-corrected chi connectivity index (χ4v) is 3.38. The minimum Gasteiger partial charge on any atom is -0.304 e. The van der Waals surface area contributed by atoms with Crippen molar-refractivity contribution in [2.24, 2.45) is 0 Å². The van der Waals surface area contributed by atoms with Crippen LogP contribution in [0.15, 0.2) is 36.5 Å². The number of aromatic nitrogens is 4. The van der Waals surface area contributed by atoms with Gasteiger partial charge < -0.3 is 5.32 Å². The van der Waals surface area contributed by atoms with E-state index in [1.54, 1.807) is 6.07 Å². The zero-order valence-electron chi connectivity index (χ0n) is 15.6. The Morgan fingerprint density at radius 2 is 1.97 bits per heavy atom. The molecule has 0 atom stereocenters. The van der Waals surface area contributed by atoms with Crippen molar-refractivity contribution >= 4 is 11.7 Å². The summed E-state index contributed by atoms with van der Waals surface area (Å²) in [6.45, 7) is 0. The van der Waals surface area contributed by atoms with Crippen molar-refractivity contribution < 1.29 is 18.0 Å². The van der Waals surface area contributed by atoms with Crippen molar-refractivity contribution in [3.05, 3.63) is 64.6 Å². The minimum absolute atomic E-state index is 0.105. The van der Waals surface area contributed by atoms with Gasteiger partial charge in [-0.3, -0.25) is 4.79 Å². The minimum atomic E-state index is -4.58. The fourth-order valence-electron chi connectivity index (χ4n) is 3.38. The fraction of sp³-hybridized carbons (Fsp3) is 0.250. The van der Waals surface area contributed by atoms with Crippen molar-refractivity contribution in [2.45, 2.75) is 31.9 Å². The zero-order chi connectivity index (χ0) is 21.3. The van der Waals surface area contributed by atoms with Crippen LogP contribution in [-0.4, -0.2) is 25.9 Å². The molecule has 0 radical (unpaired) electrons. The van der Waals surface area contributed by atoms with E-state index in [0.29, 0.717) is 0 Å². The second-order valence-electron chi connectivity index (χ2n) is 6.83. The maximum atomic E-state index is 13.2. The number of carbonyl (C=O) groups is 1. The van der Waals surface area contributed by atoms with Gasteiger partial charge in [0.2, 0.25) is 0 Å². The topological polar surface area (TPSA) is 96.5 Å². The van der Waals surface area contributed by atoms with E-state index in [2.05, 4.69) is 20.6 Å². The Balaban J connectivity index is 1.62. The highest BCUT2D eigenvalue weighted by molar-refractivity contribution is 6.02. The molecule has 1 amide bonds. The SMILES string of the molecule is N#Cc1cc2c(nc1NC(=O)c1cn(-c3ccccc3C(F)(F)F)nn1)CCCC2. The quantitative estimate of drug-likeness (QED) is 0.708. The van der Waals surface area contributed by atoms with Crippen LogP contribution in [0.4, 0.5) is 19.0 Å². The number of alkyl halides is 3. The normalized spacial score (nSPS) is 13.4. The molecule has 30 heavy (non-hydrogen) atoms. The van der Waals surface area contributed by atoms with E-state index in [-0.39, 0.29) is 22.8 Å². The summed E-state index contributed by atoms with van der Waals surface area (Å²) in [5.74, 6) is -0.612. The largest absolute Gasteiger partial charge is 0.418 e. The number of anilines is 1. The van der Waals surface area contributed by atoms with E-state index in [9.17, 15) is 23.2 Å². The van der Waals surface area contributed by atoms with E-state index < -0.39 is 17.6 Å². The molecular weight excluding hydrogens is 397 g/mol. The maximum Gasteiger partial charge on any atom is 0.418 e. The molecular formula is C20H15F3N6O.